The molecule has 1 N–H and O–H groups in total. The molecule has 0 aliphatic heterocycles. The SMILES string of the molecule is C=C/C(=C\C(=C/C)C(=O)c1ccccc1)C(C)C(=O)OCCCO. The zero-order valence-electron chi connectivity index (χ0n) is 14.2. The number of aliphatic hydroxyl groups is 1. The quantitative estimate of drug-likeness (QED) is 0.248. The van der Waals surface area contributed by atoms with Crippen molar-refractivity contribution < 1.29 is 19.4 Å². The van der Waals surface area contributed by atoms with Crippen LogP contribution in [0.5, 0.6) is 0 Å². The number of esters is 1. The molecule has 0 saturated carbocycles. The fourth-order valence-corrected chi connectivity index (χ4v) is 2.07. The number of allylic oxidation sites excluding steroid dienone is 4. The molecular weight excluding hydrogens is 304 g/mol. The maximum Gasteiger partial charge on any atom is 0.313 e. The highest BCUT2D eigenvalue weighted by Crippen LogP contribution is 2.19. The lowest BCUT2D eigenvalue weighted by Crippen LogP contribution is -2.18. The first-order valence-electron chi connectivity index (χ1n) is 7.92. The second-order valence-electron chi connectivity index (χ2n) is 5.25. The van der Waals surface area contributed by atoms with E-state index in [0.29, 0.717) is 23.1 Å². The summed E-state index contributed by atoms with van der Waals surface area (Å²) in [6.07, 6.45) is 5.33. The third-order valence-corrected chi connectivity index (χ3v) is 3.57. The topological polar surface area (TPSA) is 63.6 Å². The van der Waals surface area contributed by atoms with Gasteiger partial charge >= 0.3 is 5.97 Å². The van der Waals surface area contributed by atoms with Crippen molar-refractivity contribution >= 4 is 11.8 Å². The van der Waals surface area contributed by atoms with Crippen molar-refractivity contribution in [2.45, 2.75) is 20.3 Å². The van der Waals surface area contributed by atoms with E-state index in [-0.39, 0.29) is 19.0 Å². The number of benzene rings is 1. The Labute approximate surface area is 143 Å². The number of aliphatic hydroxyl groups excluding tert-OH is 1. The van der Waals surface area contributed by atoms with Gasteiger partial charge in [-0.05, 0) is 25.5 Å². The Morgan fingerprint density at radius 3 is 2.50 bits per heavy atom. The molecule has 1 aromatic carbocycles. The van der Waals surface area contributed by atoms with Crippen LogP contribution in [0.3, 0.4) is 0 Å². The highest BCUT2D eigenvalue weighted by molar-refractivity contribution is 6.10. The maximum atomic E-state index is 12.5. The molecule has 128 valence electrons. The molecule has 0 amide bonds. The van der Waals surface area contributed by atoms with Gasteiger partial charge in [-0.3, -0.25) is 9.59 Å². The van der Waals surface area contributed by atoms with Gasteiger partial charge in [0.1, 0.15) is 0 Å². The molecule has 4 nitrogen and oxygen atoms in total. The predicted molar refractivity (Wildman–Crippen MR) is 94.6 cm³/mol. The normalized spacial score (nSPS) is 13.3. The first kappa shape index (κ1) is 19.6. The summed E-state index contributed by atoms with van der Waals surface area (Å²) in [5.41, 5.74) is 1.69. The predicted octanol–water partition coefficient (Wildman–Crippen LogP) is 3.49. The molecule has 1 rings (SSSR count). The summed E-state index contributed by atoms with van der Waals surface area (Å²) >= 11 is 0. The second kappa shape index (κ2) is 10.3. The van der Waals surface area contributed by atoms with E-state index in [9.17, 15) is 9.59 Å². The second-order valence-corrected chi connectivity index (χ2v) is 5.25. The zero-order chi connectivity index (χ0) is 17.9. The summed E-state index contributed by atoms with van der Waals surface area (Å²) in [6.45, 7) is 7.35. The van der Waals surface area contributed by atoms with Crippen LogP contribution < -0.4 is 0 Å². The molecule has 0 bridgehead atoms. The van der Waals surface area contributed by atoms with Crippen molar-refractivity contribution in [3.8, 4) is 0 Å². The van der Waals surface area contributed by atoms with Gasteiger partial charge in [0.15, 0.2) is 5.78 Å². The van der Waals surface area contributed by atoms with Crippen molar-refractivity contribution in [3.63, 3.8) is 0 Å². The Bertz CT molecular complexity index is 626. The van der Waals surface area contributed by atoms with Gasteiger partial charge < -0.3 is 9.84 Å². The number of rotatable bonds is 9. The van der Waals surface area contributed by atoms with Gasteiger partial charge in [0.05, 0.1) is 12.5 Å². The monoisotopic (exact) mass is 328 g/mol. The molecule has 0 aliphatic carbocycles. The maximum absolute atomic E-state index is 12.5. The molecule has 0 radical (unpaired) electrons. The molecule has 0 heterocycles. The lowest BCUT2D eigenvalue weighted by Gasteiger charge is -2.13. The van der Waals surface area contributed by atoms with Crippen LogP contribution >= 0.6 is 0 Å². The molecule has 24 heavy (non-hydrogen) atoms. The average molecular weight is 328 g/mol. The van der Waals surface area contributed by atoms with Crippen LogP contribution in [0.1, 0.15) is 30.6 Å². The average Bonchev–Trinajstić information content (AvgIpc) is 2.62. The summed E-state index contributed by atoms with van der Waals surface area (Å²) in [5.74, 6) is -1.06. The molecular formula is C20H24O4. The van der Waals surface area contributed by atoms with E-state index in [4.69, 9.17) is 9.84 Å². The van der Waals surface area contributed by atoms with E-state index in [2.05, 4.69) is 6.58 Å². The third kappa shape index (κ3) is 5.63. The fourth-order valence-electron chi connectivity index (χ4n) is 2.07. The number of hydrogen-bond acceptors (Lipinski definition) is 4. The first-order valence-corrected chi connectivity index (χ1v) is 7.92. The number of hydrogen-bond donors (Lipinski definition) is 1. The van der Waals surface area contributed by atoms with Crippen LogP contribution in [0.4, 0.5) is 0 Å². The molecule has 0 saturated heterocycles. The summed E-state index contributed by atoms with van der Waals surface area (Å²) in [4.78, 5) is 24.6. The Morgan fingerprint density at radius 1 is 1.29 bits per heavy atom. The molecule has 1 unspecified atom stereocenters. The lowest BCUT2D eigenvalue weighted by atomic mass is 9.95. The standard InChI is InChI=1S/C20H24O4/c1-4-16(15(3)20(23)24-13-9-12-21)14-17(5-2)19(22)18-10-7-6-8-11-18/h4-8,10-11,14-15,21H,1,9,12-13H2,2-3H3/b16-14+,17-5+. The minimum Gasteiger partial charge on any atom is -0.465 e. The van der Waals surface area contributed by atoms with E-state index in [1.807, 2.05) is 6.07 Å². The summed E-state index contributed by atoms with van der Waals surface area (Å²) in [5, 5.41) is 8.73. The zero-order valence-corrected chi connectivity index (χ0v) is 14.2. The van der Waals surface area contributed by atoms with Crippen LogP contribution in [0.25, 0.3) is 0 Å². The largest absolute Gasteiger partial charge is 0.465 e. The molecule has 1 atom stereocenters. The number of ether oxygens (including phenoxy) is 1. The molecule has 0 aliphatic rings. The van der Waals surface area contributed by atoms with Crippen LogP contribution in [0.2, 0.25) is 0 Å². The molecule has 0 spiro atoms. The number of carbonyl (C=O) groups is 2. The van der Waals surface area contributed by atoms with E-state index in [1.54, 1.807) is 56.3 Å². The fraction of sp³-hybridized carbons (Fsp3) is 0.300. The van der Waals surface area contributed by atoms with Crippen LogP contribution in [0, 0.1) is 5.92 Å². The molecule has 1 aromatic rings. The number of carbonyl (C=O) groups excluding carboxylic acids is 2. The minimum absolute atomic E-state index is 0.0277. The number of Topliss-reactive ketones (excluding diaryl/α,β-unsaturated/α-hetero) is 1. The van der Waals surface area contributed by atoms with Gasteiger partial charge in [-0.2, -0.15) is 0 Å². The van der Waals surface area contributed by atoms with E-state index >= 15 is 0 Å². The first-order chi connectivity index (χ1) is 11.5. The Balaban J connectivity index is 2.93. The summed E-state index contributed by atoms with van der Waals surface area (Å²) in [6, 6.07) is 8.96. The van der Waals surface area contributed by atoms with Crippen molar-refractivity contribution in [1.82, 2.24) is 0 Å². The van der Waals surface area contributed by atoms with Gasteiger partial charge in [0, 0.05) is 24.2 Å². The van der Waals surface area contributed by atoms with E-state index < -0.39 is 11.9 Å². The molecule has 4 heteroatoms. The van der Waals surface area contributed by atoms with E-state index in [1.165, 1.54) is 0 Å². The van der Waals surface area contributed by atoms with E-state index in [0.717, 1.165) is 0 Å². The van der Waals surface area contributed by atoms with Gasteiger partial charge in [0.25, 0.3) is 0 Å². The molecule has 0 fully saturated rings. The highest BCUT2D eigenvalue weighted by Gasteiger charge is 2.19. The van der Waals surface area contributed by atoms with Gasteiger partial charge in [0.2, 0.25) is 0 Å². The summed E-state index contributed by atoms with van der Waals surface area (Å²) < 4.78 is 5.10. The Kier molecular flexibility index (Phi) is 8.44. The highest BCUT2D eigenvalue weighted by atomic mass is 16.5. The van der Waals surface area contributed by atoms with Crippen molar-refractivity contribution in [2.24, 2.45) is 5.92 Å². The third-order valence-electron chi connectivity index (χ3n) is 3.57. The van der Waals surface area contributed by atoms with Crippen LogP contribution in [-0.4, -0.2) is 30.1 Å². The minimum atomic E-state index is -0.542. The van der Waals surface area contributed by atoms with Crippen molar-refractivity contribution in [1.29, 1.82) is 0 Å². The molecule has 0 aromatic heterocycles. The Morgan fingerprint density at radius 2 is 1.96 bits per heavy atom. The van der Waals surface area contributed by atoms with Crippen molar-refractivity contribution in [3.05, 3.63) is 71.8 Å². The van der Waals surface area contributed by atoms with Gasteiger partial charge in [-0.1, -0.05) is 49.1 Å². The number of ketones is 1. The van der Waals surface area contributed by atoms with Crippen LogP contribution in [0.15, 0.2) is 66.3 Å². The summed E-state index contributed by atoms with van der Waals surface area (Å²) in [7, 11) is 0. The lowest BCUT2D eigenvalue weighted by molar-refractivity contribution is -0.146. The Hall–Kier alpha value is -2.46. The van der Waals surface area contributed by atoms with Crippen LogP contribution in [-0.2, 0) is 9.53 Å². The van der Waals surface area contributed by atoms with Gasteiger partial charge in [-0.25, -0.2) is 0 Å². The van der Waals surface area contributed by atoms with Crippen molar-refractivity contribution in [2.75, 3.05) is 13.2 Å². The van der Waals surface area contributed by atoms with Gasteiger partial charge in [-0.15, -0.1) is 0 Å². The smallest absolute Gasteiger partial charge is 0.313 e.